The Bertz CT molecular complexity index is 958. The molecular weight excluding hydrogens is 758 g/mol. The minimum atomic E-state index is 0. The summed E-state index contributed by atoms with van der Waals surface area (Å²) in [4.78, 5) is 0. The van der Waals surface area contributed by atoms with Gasteiger partial charge in [-0.05, 0) is 0 Å². The van der Waals surface area contributed by atoms with Crippen molar-refractivity contribution < 1.29 is 73.3 Å². The molecule has 0 amide bonds. The Morgan fingerprint density at radius 1 is 0.413 bits per heavy atom. The average Bonchev–Trinajstić information content (AvgIpc) is 3.64. The molecule has 0 spiro atoms. The van der Waals surface area contributed by atoms with Gasteiger partial charge in [-0.2, -0.15) is 46.6 Å². The summed E-state index contributed by atoms with van der Waals surface area (Å²) in [5, 5.41) is 0. The fraction of sp³-hybridized carbons (Fsp3) is 0.571. The third-order valence-corrected chi connectivity index (χ3v) is 6.25. The molecule has 0 atom stereocenters. The van der Waals surface area contributed by atoms with Gasteiger partial charge in [-0.3, -0.25) is 24.3 Å². The van der Waals surface area contributed by atoms with Gasteiger partial charge in [0.1, 0.15) is 0 Å². The topological polar surface area (TPSA) is 0 Å². The summed E-state index contributed by atoms with van der Waals surface area (Å²) in [6, 6.07) is 0. The predicted octanol–water partition coefficient (Wildman–Crippen LogP) is 6.39. The van der Waals surface area contributed by atoms with E-state index in [9.17, 15) is 0 Å². The Labute approximate surface area is 330 Å². The van der Waals surface area contributed by atoms with Crippen molar-refractivity contribution in [1.82, 2.24) is 0 Å². The van der Waals surface area contributed by atoms with Gasteiger partial charge < -0.3 is 24.8 Å². The number of allylic oxidation sites excluding steroid dienone is 16. The molecule has 4 aliphatic rings. The van der Waals surface area contributed by atoms with Gasteiger partial charge >= 0.3 is 82.6 Å². The molecular formula is C42H64Cl2Zr2-2. The monoisotopic (exact) mass is 818 g/mol. The number of hydrogen-bond acceptors (Lipinski definition) is 0. The van der Waals surface area contributed by atoms with Crippen molar-refractivity contribution in [3.8, 4) is 0 Å². The fourth-order valence-electron chi connectivity index (χ4n) is 3.68. The van der Waals surface area contributed by atoms with Crippen molar-refractivity contribution >= 4 is 6.41 Å². The standard InChI is InChI=1S/4C9H13.2C3H6.2ClH.2Zr/c4*1-9(2,3)8-6-4-5-7-8;2*1-3-2;;;;/h4*6-7H,4H2,1-3H3;2*1-2H3;2*1H;;/q4*-1;;;;;2*+2/p-2. The summed E-state index contributed by atoms with van der Waals surface area (Å²) in [7, 11) is 0. The van der Waals surface area contributed by atoms with E-state index in [1.165, 1.54) is 28.7 Å². The average molecular weight is 822 g/mol. The molecule has 0 saturated heterocycles. The zero-order valence-corrected chi connectivity index (χ0v) is 38.6. The molecule has 0 unspecified atom stereocenters. The second-order valence-electron chi connectivity index (χ2n) is 15.8. The van der Waals surface area contributed by atoms with Crippen LogP contribution in [-0.2, 0) is 48.5 Å². The number of hydrogen-bond donors (Lipinski definition) is 0. The van der Waals surface area contributed by atoms with E-state index in [0.29, 0.717) is 21.7 Å². The van der Waals surface area contributed by atoms with E-state index >= 15 is 0 Å². The smallest absolute Gasteiger partial charge is 1.00 e. The molecule has 0 N–H and O–H groups in total. The first-order valence-corrected chi connectivity index (χ1v) is 18.5. The van der Waals surface area contributed by atoms with Crippen LogP contribution in [0.5, 0.6) is 0 Å². The molecule has 46 heavy (non-hydrogen) atoms. The largest absolute Gasteiger partial charge is 1.00 e. The normalized spacial score (nSPS) is 15.6. The predicted molar refractivity (Wildman–Crippen MR) is 193 cm³/mol. The van der Waals surface area contributed by atoms with E-state index in [0.717, 1.165) is 25.7 Å². The molecule has 0 saturated carbocycles. The number of halogens is 2. The van der Waals surface area contributed by atoms with E-state index in [1.807, 2.05) is 0 Å². The van der Waals surface area contributed by atoms with Crippen molar-refractivity contribution in [3.63, 3.8) is 0 Å². The van der Waals surface area contributed by atoms with Crippen molar-refractivity contribution in [2.75, 3.05) is 0 Å². The molecule has 0 fully saturated rings. The maximum Gasteiger partial charge on any atom is -1.00 e. The zero-order valence-electron chi connectivity index (χ0n) is 32.2. The van der Waals surface area contributed by atoms with Crippen LogP contribution in [0.25, 0.3) is 0 Å². The third kappa shape index (κ3) is 30.1. The molecule has 0 heterocycles. The Morgan fingerprint density at radius 2 is 0.543 bits per heavy atom. The van der Waals surface area contributed by atoms with Gasteiger partial charge in [0, 0.05) is 0 Å². The minimum absolute atomic E-state index is 0. The second kappa shape index (κ2) is 25.9. The van der Waals surface area contributed by atoms with E-state index in [-0.39, 0.29) is 24.8 Å². The van der Waals surface area contributed by atoms with Crippen molar-refractivity contribution in [3.05, 3.63) is 95.2 Å². The Morgan fingerprint density at radius 3 is 0.587 bits per heavy atom. The molecule has 0 aromatic heterocycles. The summed E-state index contributed by atoms with van der Waals surface area (Å²) in [6.07, 6.45) is 34.0. The van der Waals surface area contributed by atoms with Gasteiger partial charge in [0.05, 0.1) is 0 Å². The van der Waals surface area contributed by atoms with E-state index in [1.54, 1.807) is 48.5 Å². The zero-order chi connectivity index (χ0) is 34.8. The molecule has 4 aliphatic carbocycles. The first-order valence-electron chi connectivity index (χ1n) is 16.0. The van der Waals surface area contributed by atoms with Crippen LogP contribution in [0.1, 0.15) is 136 Å². The van der Waals surface area contributed by atoms with Crippen LogP contribution in [0.2, 0.25) is 0 Å². The molecule has 256 valence electrons. The van der Waals surface area contributed by atoms with Crippen molar-refractivity contribution in [1.29, 1.82) is 0 Å². The van der Waals surface area contributed by atoms with Gasteiger partial charge in [0.2, 0.25) is 0 Å². The Kier molecular flexibility index (Phi) is 29.7. The molecule has 4 heteroatoms. The molecule has 0 radical (unpaired) electrons. The summed E-state index contributed by atoms with van der Waals surface area (Å²) < 4.78 is 3.01. The Balaban J connectivity index is -0.000000234. The summed E-state index contributed by atoms with van der Waals surface area (Å²) in [6.45, 7) is 35.2. The van der Waals surface area contributed by atoms with Crippen LogP contribution in [0.4, 0.5) is 0 Å². The molecule has 0 aromatic rings. The fourth-order valence-corrected chi connectivity index (χ4v) is 3.68. The molecule has 0 aromatic carbocycles. The van der Waals surface area contributed by atoms with E-state index < -0.39 is 0 Å². The maximum absolute atomic E-state index is 3.16. The SMILES string of the molecule is CC(C)(C)C1=CC[C-]=C1.CC(C)(C)C1=CC[C-]=C1.CC(C)(C)C1=CC[C-]=C1.CC(C)(C)C1=CC[C-]=C1.C[C](C)=[Zr+2].C[C](C)=[Zr+2].[Cl-].[Cl-]. The van der Waals surface area contributed by atoms with Gasteiger partial charge in [-0.25, -0.2) is 24.3 Å². The molecule has 4 rings (SSSR count). The van der Waals surface area contributed by atoms with E-state index in [2.05, 4.69) is 184 Å². The molecule has 0 nitrogen and oxygen atoms in total. The second-order valence-corrected chi connectivity index (χ2v) is 20.8. The number of rotatable bonds is 0. The molecule has 0 bridgehead atoms. The van der Waals surface area contributed by atoms with Crippen LogP contribution < -0.4 is 24.8 Å². The van der Waals surface area contributed by atoms with Gasteiger partial charge in [-0.15, -0.1) is 25.7 Å². The molecule has 0 aliphatic heterocycles. The Hall–Kier alpha value is 0.00623. The van der Waals surface area contributed by atoms with Crippen LogP contribution in [0.15, 0.2) is 70.9 Å². The summed E-state index contributed by atoms with van der Waals surface area (Å²) >= 11 is 3.11. The first-order chi connectivity index (χ1) is 19.9. The van der Waals surface area contributed by atoms with E-state index in [4.69, 9.17) is 0 Å². The van der Waals surface area contributed by atoms with Gasteiger partial charge in [0.15, 0.2) is 0 Å². The van der Waals surface area contributed by atoms with Crippen LogP contribution >= 0.6 is 0 Å². The van der Waals surface area contributed by atoms with Crippen molar-refractivity contribution in [2.24, 2.45) is 21.7 Å². The van der Waals surface area contributed by atoms with Gasteiger partial charge in [0.25, 0.3) is 0 Å². The minimum Gasteiger partial charge on any atom is -1.00 e. The summed E-state index contributed by atoms with van der Waals surface area (Å²) in [5.74, 6) is 0. The van der Waals surface area contributed by atoms with Crippen molar-refractivity contribution in [2.45, 2.75) is 136 Å². The van der Waals surface area contributed by atoms with Crippen LogP contribution in [0, 0.1) is 46.0 Å². The summed E-state index contributed by atoms with van der Waals surface area (Å²) in [5.41, 5.74) is 6.97. The third-order valence-electron chi connectivity index (χ3n) is 6.25. The quantitative estimate of drug-likeness (QED) is 0.249. The van der Waals surface area contributed by atoms with Crippen LogP contribution in [0.3, 0.4) is 0 Å². The maximum atomic E-state index is 3.16. The van der Waals surface area contributed by atoms with Crippen LogP contribution in [-0.4, -0.2) is 6.41 Å². The van der Waals surface area contributed by atoms with Gasteiger partial charge in [-0.1, -0.05) is 105 Å². The first kappa shape index (κ1) is 52.8.